The first-order chi connectivity index (χ1) is 15.0. The van der Waals surface area contributed by atoms with Gasteiger partial charge in [-0.15, -0.1) is 0 Å². The lowest BCUT2D eigenvalue weighted by atomic mass is 9.83. The van der Waals surface area contributed by atoms with Gasteiger partial charge in [0.1, 0.15) is 11.7 Å². The van der Waals surface area contributed by atoms with E-state index in [0.717, 1.165) is 41.0 Å². The van der Waals surface area contributed by atoms with Gasteiger partial charge in [0.05, 0.1) is 27.4 Å². The molecule has 2 aromatic rings. The Kier molecular flexibility index (Phi) is 4.62. The van der Waals surface area contributed by atoms with Gasteiger partial charge in [-0.1, -0.05) is 6.07 Å². The van der Waals surface area contributed by atoms with Crippen molar-refractivity contribution in [3.8, 4) is 28.7 Å². The summed E-state index contributed by atoms with van der Waals surface area (Å²) < 4.78 is 34.1. The monoisotopic (exact) mass is 427 g/mol. The van der Waals surface area contributed by atoms with E-state index in [2.05, 4.69) is 4.90 Å². The number of benzene rings is 2. The van der Waals surface area contributed by atoms with Gasteiger partial charge in [0.15, 0.2) is 23.0 Å². The Morgan fingerprint density at radius 1 is 1.03 bits per heavy atom. The average Bonchev–Trinajstić information content (AvgIpc) is 3.39. The van der Waals surface area contributed by atoms with Gasteiger partial charge in [0.25, 0.3) is 0 Å². The number of ether oxygens (including phenoxy) is 6. The maximum Gasteiger partial charge on any atom is 0.343 e. The van der Waals surface area contributed by atoms with Gasteiger partial charge in [-0.05, 0) is 37.6 Å². The molecule has 0 fully saturated rings. The highest BCUT2D eigenvalue weighted by Gasteiger charge is 2.46. The van der Waals surface area contributed by atoms with Crippen molar-refractivity contribution in [1.82, 2.24) is 4.90 Å². The molecular formula is C23H25NO7. The maximum absolute atomic E-state index is 12.9. The number of fused-ring (bicyclic) bond motifs is 3. The van der Waals surface area contributed by atoms with Crippen LogP contribution in [-0.2, 0) is 11.2 Å². The Morgan fingerprint density at radius 2 is 1.77 bits per heavy atom. The second-order valence-electron chi connectivity index (χ2n) is 7.88. The molecule has 8 heteroatoms. The number of carbonyl (C=O) groups is 1. The van der Waals surface area contributed by atoms with E-state index in [1.54, 1.807) is 20.3 Å². The van der Waals surface area contributed by atoms with Crippen LogP contribution in [0.4, 0.5) is 0 Å². The van der Waals surface area contributed by atoms with E-state index in [1.807, 2.05) is 20.0 Å². The van der Waals surface area contributed by atoms with Crippen molar-refractivity contribution in [2.45, 2.75) is 25.5 Å². The van der Waals surface area contributed by atoms with Gasteiger partial charge in [-0.3, -0.25) is 4.90 Å². The molecule has 0 aromatic heterocycles. The number of methoxy groups -OCH3 is 3. The van der Waals surface area contributed by atoms with Crippen LogP contribution in [0, 0.1) is 6.92 Å². The molecule has 2 aromatic carbocycles. The van der Waals surface area contributed by atoms with Crippen molar-refractivity contribution < 1.29 is 33.2 Å². The smallest absolute Gasteiger partial charge is 0.343 e. The third-order valence-corrected chi connectivity index (χ3v) is 6.48. The lowest BCUT2D eigenvalue weighted by Crippen LogP contribution is -2.36. The summed E-state index contributed by atoms with van der Waals surface area (Å²) in [4.78, 5) is 15.1. The highest BCUT2D eigenvalue weighted by molar-refractivity contribution is 5.98. The first kappa shape index (κ1) is 19.8. The first-order valence-corrected chi connectivity index (χ1v) is 10.2. The fourth-order valence-electron chi connectivity index (χ4n) is 5.05. The summed E-state index contributed by atoms with van der Waals surface area (Å²) >= 11 is 0. The Hall–Kier alpha value is -3.13. The van der Waals surface area contributed by atoms with Crippen LogP contribution < -0.4 is 23.7 Å². The van der Waals surface area contributed by atoms with Crippen LogP contribution in [-0.4, -0.2) is 52.6 Å². The predicted octanol–water partition coefficient (Wildman–Crippen LogP) is 3.19. The molecule has 3 aliphatic heterocycles. The summed E-state index contributed by atoms with van der Waals surface area (Å²) in [7, 11) is 6.72. The zero-order valence-corrected chi connectivity index (χ0v) is 18.2. The molecule has 164 valence electrons. The second-order valence-corrected chi connectivity index (χ2v) is 7.88. The molecule has 5 rings (SSSR count). The zero-order valence-electron chi connectivity index (χ0n) is 18.2. The summed E-state index contributed by atoms with van der Waals surface area (Å²) in [6.45, 7) is 3.00. The van der Waals surface area contributed by atoms with Crippen molar-refractivity contribution in [1.29, 1.82) is 0 Å². The van der Waals surface area contributed by atoms with Gasteiger partial charge < -0.3 is 28.4 Å². The third-order valence-electron chi connectivity index (χ3n) is 6.48. The quantitative estimate of drug-likeness (QED) is 0.689. The lowest BCUT2D eigenvalue weighted by molar-refractivity contribution is 0.00871. The Bertz CT molecular complexity index is 1080. The minimum atomic E-state index is -0.528. The van der Waals surface area contributed by atoms with E-state index in [0.29, 0.717) is 28.6 Å². The molecule has 0 bridgehead atoms. The Morgan fingerprint density at radius 3 is 2.48 bits per heavy atom. The Labute approximate surface area is 180 Å². The highest BCUT2D eigenvalue weighted by Crippen LogP contribution is 2.56. The molecule has 0 saturated heterocycles. The maximum atomic E-state index is 12.9. The number of esters is 1. The van der Waals surface area contributed by atoms with Crippen LogP contribution in [0.2, 0.25) is 0 Å². The van der Waals surface area contributed by atoms with Crippen LogP contribution in [0.3, 0.4) is 0 Å². The lowest BCUT2D eigenvalue weighted by Gasteiger charge is -2.39. The van der Waals surface area contributed by atoms with Crippen molar-refractivity contribution in [2.24, 2.45) is 0 Å². The molecule has 31 heavy (non-hydrogen) atoms. The molecule has 3 heterocycles. The molecule has 0 amide bonds. The SMILES string of the molecule is COc1ccc2c(c1OC)C(=O)O[C@@H]2[C@H]1c2c(c(C)c3c(c2OC)OCO3)CCN1C. The fraction of sp³-hybridized carbons (Fsp3) is 0.435. The number of cyclic esters (lactones) is 1. The molecule has 0 radical (unpaired) electrons. The highest BCUT2D eigenvalue weighted by atomic mass is 16.7. The Balaban J connectivity index is 1.72. The number of hydrogen-bond donors (Lipinski definition) is 0. The van der Waals surface area contributed by atoms with Crippen molar-refractivity contribution >= 4 is 5.97 Å². The van der Waals surface area contributed by atoms with E-state index in [9.17, 15) is 4.79 Å². The van der Waals surface area contributed by atoms with Crippen LogP contribution in [0.15, 0.2) is 12.1 Å². The van der Waals surface area contributed by atoms with E-state index in [1.165, 1.54) is 7.11 Å². The van der Waals surface area contributed by atoms with Gasteiger partial charge in [0.2, 0.25) is 12.5 Å². The molecule has 0 saturated carbocycles. The standard InChI is InChI=1S/C23H25NO7/c1-11-12-8-9-24(2)17(15(12)21(28-5)22-18(11)29-10-30-22)19-13-6-7-14(26-3)20(27-4)16(13)23(25)31-19/h6-7,17,19H,8-10H2,1-5H3/t17-,19+/m1/s1. The summed E-state index contributed by atoms with van der Waals surface area (Å²) in [6.07, 6.45) is 0.306. The number of carbonyl (C=O) groups excluding carboxylic acids is 1. The van der Waals surface area contributed by atoms with E-state index in [-0.39, 0.29) is 12.8 Å². The first-order valence-electron chi connectivity index (χ1n) is 10.2. The minimum absolute atomic E-state index is 0.161. The molecule has 0 spiro atoms. The average molecular weight is 427 g/mol. The predicted molar refractivity (Wildman–Crippen MR) is 111 cm³/mol. The van der Waals surface area contributed by atoms with E-state index < -0.39 is 12.1 Å². The topological polar surface area (TPSA) is 75.7 Å². The molecule has 2 atom stereocenters. The second kappa shape index (κ2) is 7.23. The van der Waals surface area contributed by atoms with Gasteiger partial charge in [-0.2, -0.15) is 0 Å². The fourth-order valence-corrected chi connectivity index (χ4v) is 5.05. The van der Waals surface area contributed by atoms with Crippen LogP contribution >= 0.6 is 0 Å². The van der Waals surface area contributed by atoms with E-state index in [4.69, 9.17) is 28.4 Å². The van der Waals surface area contributed by atoms with Gasteiger partial charge >= 0.3 is 5.97 Å². The number of rotatable bonds is 4. The number of hydrogen-bond acceptors (Lipinski definition) is 8. The van der Waals surface area contributed by atoms with Crippen molar-refractivity contribution in [3.63, 3.8) is 0 Å². The molecule has 0 N–H and O–H groups in total. The molecule has 0 unspecified atom stereocenters. The summed E-state index contributed by atoms with van der Waals surface area (Å²) in [5, 5.41) is 0. The third kappa shape index (κ3) is 2.67. The molecular weight excluding hydrogens is 402 g/mol. The molecule has 8 nitrogen and oxygen atoms in total. The largest absolute Gasteiger partial charge is 0.493 e. The summed E-state index contributed by atoms with van der Waals surface area (Å²) in [5.74, 6) is 2.43. The normalized spacial score (nSPS) is 21.4. The summed E-state index contributed by atoms with van der Waals surface area (Å²) in [5.41, 5.74) is 4.33. The van der Waals surface area contributed by atoms with Crippen molar-refractivity contribution in [2.75, 3.05) is 41.7 Å². The number of likely N-dealkylation sites (N-methyl/N-ethyl adjacent to an activating group) is 1. The number of nitrogens with zero attached hydrogens (tertiary/aromatic N) is 1. The summed E-state index contributed by atoms with van der Waals surface area (Å²) in [6, 6.07) is 3.43. The van der Waals surface area contributed by atoms with Crippen LogP contribution in [0.1, 0.15) is 44.8 Å². The molecule has 0 aliphatic carbocycles. The van der Waals surface area contributed by atoms with E-state index >= 15 is 0 Å². The zero-order chi connectivity index (χ0) is 21.9. The van der Waals surface area contributed by atoms with Crippen LogP contribution in [0.25, 0.3) is 0 Å². The van der Waals surface area contributed by atoms with Crippen molar-refractivity contribution in [3.05, 3.63) is 39.9 Å². The molecule has 3 aliphatic rings. The van der Waals surface area contributed by atoms with Gasteiger partial charge in [-0.25, -0.2) is 4.79 Å². The van der Waals surface area contributed by atoms with Gasteiger partial charge in [0, 0.05) is 17.7 Å². The van der Waals surface area contributed by atoms with Crippen LogP contribution in [0.5, 0.6) is 28.7 Å². The minimum Gasteiger partial charge on any atom is -0.493 e.